The molecule has 0 fully saturated rings. The first-order valence-electron chi connectivity index (χ1n) is 13.0. The molecule has 1 atom stereocenters. The lowest BCUT2D eigenvalue weighted by atomic mass is 9.94. The molecule has 10 heteroatoms. The molecule has 5 rings (SSSR count). The zero-order valence-corrected chi connectivity index (χ0v) is 24.9. The SMILES string of the molecule is CCCSc1nc2n(n1)C(c1ccc(OCc3ccc(Br)cc3)c(OC)c1)C(C(=O)Nc1ccccc1)=C(C)N2. The number of aromatic nitrogens is 3. The fraction of sp³-hybridized carbons (Fsp3) is 0.233. The number of thioether (sulfide) groups is 1. The highest BCUT2D eigenvalue weighted by molar-refractivity contribution is 9.10. The summed E-state index contributed by atoms with van der Waals surface area (Å²) in [5.74, 6) is 2.44. The Balaban J connectivity index is 1.50. The molecule has 0 saturated heterocycles. The van der Waals surface area contributed by atoms with Crippen molar-refractivity contribution in [2.75, 3.05) is 23.5 Å². The summed E-state index contributed by atoms with van der Waals surface area (Å²) in [6.45, 7) is 4.40. The number of nitrogens with one attached hydrogen (secondary N) is 2. The molecule has 0 spiro atoms. The van der Waals surface area contributed by atoms with Crippen molar-refractivity contribution < 1.29 is 14.3 Å². The van der Waals surface area contributed by atoms with Crippen LogP contribution in [0.4, 0.5) is 11.6 Å². The number of hydrogen-bond donors (Lipinski definition) is 2. The minimum atomic E-state index is -0.530. The highest BCUT2D eigenvalue weighted by atomic mass is 79.9. The van der Waals surface area contributed by atoms with E-state index in [2.05, 4.69) is 33.5 Å². The van der Waals surface area contributed by atoms with Crippen molar-refractivity contribution in [1.29, 1.82) is 0 Å². The topological polar surface area (TPSA) is 90.3 Å². The number of rotatable bonds is 10. The standard InChI is InChI=1S/C30H30BrN5O3S/c1-4-16-40-30-34-29-32-19(2)26(28(37)33-23-8-6-5-7-9-23)27(36(29)35-30)21-12-15-24(25(17-21)38-3)39-18-20-10-13-22(31)14-11-20/h5-15,17,27H,4,16,18H2,1-3H3,(H,33,37)(H,32,34,35). The van der Waals surface area contributed by atoms with Crippen LogP contribution >= 0.6 is 27.7 Å². The molecule has 4 aromatic rings. The van der Waals surface area contributed by atoms with Gasteiger partial charge in [0, 0.05) is 21.6 Å². The normalized spacial score (nSPS) is 14.3. The fourth-order valence-electron chi connectivity index (χ4n) is 4.42. The molecule has 2 heterocycles. The quantitative estimate of drug-likeness (QED) is 0.184. The number of anilines is 2. The fourth-order valence-corrected chi connectivity index (χ4v) is 5.37. The van der Waals surface area contributed by atoms with E-state index < -0.39 is 6.04 Å². The second kappa shape index (κ2) is 12.6. The zero-order valence-electron chi connectivity index (χ0n) is 22.5. The summed E-state index contributed by atoms with van der Waals surface area (Å²) >= 11 is 5.05. The monoisotopic (exact) mass is 619 g/mol. The molecule has 1 amide bonds. The summed E-state index contributed by atoms with van der Waals surface area (Å²) < 4.78 is 14.6. The molecule has 1 unspecified atom stereocenters. The number of benzene rings is 3. The molecule has 40 heavy (non-hydrogen) atoms. The minimum absolute atomic E-state index is 0.223. The Morgan fingerprint density at radius 3 is 2.60 bits per heavy atom. The number of nitrogens with zero attached hydrogens (tertiary/aromatic N) is 3. The average molecular weight is 621 g/mol. The van der Waals surface area contributed by atoms with Gasteiger partial charge in [-0.05, 0) is 60.9 Å². The second-order valence-corrected chi connectivity index (χ2v) is 11.2. The number of halogens is 1. The molecular weight excluding hydrogens is 590 g/mol. The number of amides is 1. The maximum absolute atomic E-state index is 13.7. The largest absolute Gasteiger partial charge is 0.493 e. The lowest BCUT2D eigenvalue weighted by Crippen LogP contribution is -2.31. The van der Waals surface area contributed by atoms with Gasteiger partial charge in [-0.1, -0.05) is 71.0 Å². The van der Waals surface area contributed by atoms with E-state index in [-0.39, 0.29) is 5.91 Å². The molecule has 0 bridgehead atoms. The van der Waals surface area contributed by atoms with Crippen LogP contribution in [0.15, 0.2) is 93.7 Å². The Morgan fingerprint density at radius 2 is 1.88 bits per heavy atom. The number of fused-ring (bicyclic) bond motifs is 1. The Morgan fingerprint density at radius 1 is 1.10 bits per heavy atom. The van der Waals surface area contributed by atoms with Crippen LogP contribution in [0.5, 0.6) is 11.5 Å². The van der Waals surface area contributed by atoms with Crippen molar-refractivity contribution in [2.45, 2.75) is 38.1 Å². The number of carbonyl (C=O) groups is 1. The molecule has 0 saturated carbocycles. The van der Waals surface area contributed by atoms with E-state index in [1.807, 2.05) is 79.7 Å². The third-order valence-corrected chi connectivity index (χ3v) is 7.93. The van der Waals surface area contributed by atoms with Gasteiger partial charge in [0.25, 0.3) is 5.91 Å². The van der Waals surface area contributed by atoms with Crippen LogP contribution in [0.2, 0.25) is 0 Å². The molecule has 1 aromatic heterocycles. The summed E-state index contributed by atoms with van der Waals surface area (Å²) in [5, 5.41) is 11.8. The maximum atomic E-state index is 13.7. The van der Waals surface area contributed by atoms with Gasteiger partial charge in [0.05, 0.1) is 12.7 Å². The van der Waals surface area contributed by atoms with Crippen LogP contribution < -0.4 is 20.1 Å². The van der Waals surface area contributed by atoms with Gasteiger partial charge in [-0.2, -0.15) is 4.98 Å². The smallest absolute Gasteiger partial charge is 0.255 e. The van der Waals surface area contributed by atoms with E-state index in [1.165, 1.54) is 0 Å². The first-order valence-corrected chi connectivity index (χ1v) is 14.7. The highest BCUT2D eigenvalue weighted by Crippen LogP contribution is 2.40. The maximum Gasteiger partial charge on any atom is 0.255 e. The van der Waals surface area contributed by atoms with Crippen molar-refractivity contribution in [1.82, 2.24) is 14.8 Å². The molecule has 2 N–H and O–H groups in total. The second-order valence-electron chi connectivity index (χ2n) is 9.22. The van der Waals surface area contributed by atoms with Gasteiger partial charge in [-0.15, -0.1) is 5.10 Å². The van der Waals surface area contributed by atoms with Crippen molar-refractivity contribution in [3.8, 4) is 11.5 Å². The van der Waals surface area contributed by atoms with E-state index in [1.54, 1.807) is 23.6 Å². The lowest BCUT2D eigenvalue weighted by Gasteiger charge is -2.29. The van der Waals surface area contributed by atoms with Crippen LogP contribution in [0, 0.1) is 0 Å². The number of carbonyl (C=O) groups excluding carboxylic acids is 1. The Labute approximate surface area is 246 Å². The Kier molecular flexibility index (Phi) is 8.76. The molecule has 0 aliphatic carbocycles. The van der Waals surface area contributed by atoms with Crippen molar-refractivity contribution >= 4 is 45.2 Å². The minimum Gasteiger partial charge on any atom is -0.493 e. The number of methoxy groups -OCH3 is 1. The Bertz CT molecular complexity index is 1520. The molecule has 206 valence electrons. The average Bonchev–Trinajstić information content (AvgIpc) is 3.37. The van der Waals surface area contributed by atoms with Crippen LogP contribution in [-0.4, -0.2) is 33.5 Å². The van der Waals surface area contributed by atoms with Gasteiger partial charge >= 0.3 is 0 Å². The van der Waals surface area contributed by atoms with E-state index in [0.717, 1.165) is 27.8 Å². The zero-order chi connectivity index (χ0) is 28.1. The van der Waals surface area contributed by atoms with Gasteiger partial charge in [0.1, 0.15) is 12.6 Å². The van der Waals surface area contributed by atoms with Crippen LogP contribution in [0.25, 0.3) is 0 Å². The van der Waals surface area contributed by atoms with Crippen LogP contribution in [-0.2, 0) is 11.4 Å². The third-order valence-electron chi connectivity index (χ3n) is 6.36. The van der Waals surface area contributed by atoms with Gasteiger partial charge in [-0.3, -0.25) is 4.79 Å². The van der Waals surface area contributed by atoms with E-state index in [9.17, 15) is 4.79 Å². The number of allylic oxidation sites excluding steroid dienone is 1. The van der Waals surface area contributed by atoms with Crippen molar-refractivity contribution in [3.63, 3.8) is 0 Å². The predicted molar refractivity (Wildman–Crippen MR) is 162 cm³/mol. The third kappa shape index (κ3) is 6.18. The van der Waals surface area contributed by atoms with Crippen LogP contribution in [0.3, 0.4) is 0 Å². The first-order chi connectivity index (χ1) is 19.5. The van der Waals surface area contributed by atoms with E-state index in [4.69, 9.17) is 19.6 Å². The lowest BCUT2D eigenvalue weighted by molar-refractivity contribution is -0.113. The van der Waals surface area contributed by atoms with E-state index >= 15 is 0 Å². The number of ether oxygens (including phenoxy) is 2. The van der Waals surface area contributed by atoms with Crippen molar-refractivity contribution in [2.24, 2.45) is 0 Å². The number of hydrogen-bond acceptors (Lipinski definition) is 7. The molecular formula is C30H30BrN5O3S. The molecule has 3 aromatic carbocycles. The van der Waals surface area contributed by atoms with Gasteiger partial charge in [-0.25, -0.2) is 4.68 Å². The summed E-state index contributed by atoms with van der Waals surface area (Å²) in [5.41, 5.74) is 3.82. The first kappa shape index (κ1) is 27.8. The van der Waals surface area contributed by atoms with E-state index in [0.29, 0.717) is 46.2 Å². The summed E-state index contributed by atoms with van der Waals surface area (Å²) in [7, 11) is 1.61. The molecule has 8 nitrogen and oxygen atoms in total. The highest BCUT2D eigenvalue weighted by Gasteiger charge is 2.35. The molecule has 0 radical (unpaired) electrons. The van der Waals surface area contributed by atoms with Crippen LogP contribution in [0.1, 0.15) is 37.4 Å². The summed E-state index contributed by atoms with van der Waals surface area (Å²) in [4.78, 5) is 18.4. The molecule has 1 aliphatic heterocycles. The summed E-state index contributed by atoms with van der Waals surface area (Å²) in [6.07, 6.45) is 1.01. The Hall–Kier alpha value is -3.76. The van der Waals surface area contributed by atoms with Gasteiger partial charge < -0.3 is 20.1 Å². The van der Waals surface area contributed by atoms with Crippen molar-refractivity contribution in [3.05, 3.63) is 99.7 Å². The summed E-state index contributed by atoms with van der Waals surface area (Å²) in [6, 6.07) is 22.6. The number of para-hydroxylation sites is 1. The van der Waals surface area contributed by atoms with Gasteiger partial charge in [0.2, 0.25) is 11.1 Å². The molecule has 1 aliphatic rings. The predicted octanol–water partition coefficient (Wildman–Crippen LogP) is 7.06. The van der Waals surface area contributed by atoms with Gasteiger partial charge in [0.15, 0.2) is 11.5 Å².